The van der Waals surface area contributed by atoms with Crippen molar-refractivity contribution in [1.82, 2.24) is 107 Å². The Labute approximate surface area is 800 Å². The number of aliphatic hydroxyl groups is 1. The number of nitrogens with two attached hydrogens (primary N) is 5. The van der Waals surface area contributed by atoms with Crippen molar-refractivity contribution in [2.75, 3.05) is 68.3 Å². The van der Waals surface area contributed by atoms with E-state index in [1.165, 1.54) is 44.0 Å². The van der Waals surface area contributed by atoms with Crippen LogP contribution in [0.5, 0.6) is 0 Å². The monoisotopic (exact) mass is 2110 g/mol. The molecule has 6 fully saturated rings. The highest BCUT2D eigenvalue weighted by molar-refractivity contribution is 7.48. The lowest BCUT2D eigenvalue weighted by molar-refractivity contribution is -0.0639. The molecule has 6 aliphatic rings. The second kappa shape index (κ2) is 39.1. The number of aryl methyl sites for hydroxylation is 1. The van der Waals surface area contributed by atoms with Crippen LogP contribution in [0.25, 0.3) is 55.8 Å². The summed E-state index contributed by atoms with van der Waals surface area (Å²) in [5.41, 5.74) is 24.3. The van der Waals surface area contributed by atoms with Crippen LogP contribution < -0.4 is 72.5 Å². The number of phosphoric ester groups is 5. The Morgan fingerprint density at radius 1 is 0.378 bits per heavy atom. The summed E-state index contributed by atoms with van der Waals surface area (Å²) in [6, 6.07) is 19.1. The first-order chi connectivity index (χ1) is 67.9. The fraction of sp³-hybridized carbons (Fsp3) is 0.461. The summed E-state index contributed by atoms with van der Waals surface area (Å²) in [5, 5.41) is 11.4. The van der Waals surface area contributed by atoms with Gasteiger partial charge < -0.3 is 91.1 Å². The maximum atomic E-state index is 14.9. The number of nitrogens with zero attached hydrogens (tertiary/aromatic N) is 17. The molecule has 2 aromatic carbocycles. The highest BCUT2D eigenvalue weighted by Gasteiger charge is 2.57. The number of aromatic amines is 5. The molecule has 13 aromatic rings. The molecule has 11 aromatic heterocycles. The number of benzene rings is 2. The van der Waals surface area contributed by atoms with Crippen molar-refractivity contribution in [3.8, 4) is 0 Å². The van der Waals surface area contributed by atoms with Gasteiger partial charge in [0.1, 0.15) is 116 Å². The molecular weight excluding hydrogens is 2020 g/mol. The smallest absolute Gasteiger partial charge is 0.402 e. The zero-order valence-corrected chi connectivity index (χ0v) is 80.5. The van der Waals surface area contributed by atoms with Gasteiger partial charge in [-0.3, -0.25) is 122 Å². The number of nitrogen functional groups attached to an aromatic ring is 5. The molecule has 23 atom stereocenters. The summed E-state index contributed by atoms with van der Waals surface area (Å²) in [6.45, 7) is 1.66. The van der Waals surface area contributed by atoms with E-state index >= 15 is 0 Å². The molecule has 0 bridgehead atoms. The van der Waals surface area contributed by atoms with E-state index in [1.54, 1.807) is 0 Å². The van der Waals surface area contributed by atoms with Crippen LogP contribution in [-0.2, 0) is 101 Å². The number of imidazole rings is 5. The zero-order valence-electron chi connectivity index (χ0n) is 75.0. The molecular formula is C76H92N27O34P5Si. The van der Waals surface area contributed by atoms with Crippen molar-refractivity contribution in [3.05, 3.63) is 173 Å². The summed E-state index contributed by atoms with van der Waals surface area (Å²) in [5.74, 6) is -1.43. The maximum Gasteiger partial charge on any atom is 0.472 e. The minimum Gasteiger partial charge on any atom is -0.402 e. The minimum absolute atomic E-state index is 0.0171. The van der Waals surface area contributed by atoms with Gasteiger partial charge >= 0.3 is 44.8 Å². The quantitative estimate of drug-likeness (QED) is 0.0185. The van der Waals surface area contributed by atoms with Gasteiger partial charge in [0.15, 0.2) is 56.1 Å². The molecule has 6 aliphatic heterocycles. The predicted molar refractivity (Wildman–Crippen MR) is 490 cm³/mol. The summed E-state index contributed by atoms with van der Waals surface area (Å²) >= 11 is 0. The van der Waals surface area contributed by atoms with Crippen LogP contribution in [0, 0.1) is 6.92 Å². The number of rotatable bonds is 36. The van der Waals surface area contributed by atoms with Crippen LogP contribution in [0.4, 0.5) is 29.6 Å². The van der Waals surface area contributed by atoms with E-state index in [0.717, 1.165) is 44.8 Å². The van der Waals surface area contributed by atoms with Crippen molar-refractivity contribution in [2.45, 2.75) is 182 Å². The van der Waals surface area contributed by atoms with Crippen LogP contribution in [0.3, 0.4) is 0 Å². The maximum absolute atomic E-state index is 14.9. The van der Waals surface area contributed by atoms with Gasteiger partial charge in [-0.1, -0.05) is 81.4 Å². The number of hydrogen-bond acceptors (Lipinski definition) is 45. The number of ether oxygens (including phenoxy) is 6. The Kier molecular flexibility index (Phi) is 27.4. The highest BCUT2D eigenvalue weighted by atomic mass is 31.2. The molecule has 0 amide bonds. The summed E-state index contributed by atoms with van der Waals surface area (Å²) in [4.78, 5) is 194. The van der Waals surface area contributed by atoms with Gasteiger partial charge in [-0.05, 0) is 22.3 Å². The average Bonchev–Trinajstić information content (AvgIpc) is 1.57. The number of nitrogens with one attached hydrogen (secondary N) is 5. The van der Waals surface area contributed by atoms with Gasteiger partial charge in [-0.15, -0.1) is 0 Å². The van der Waals surface area contributed by atoms with Crippen molar-refractivity contribution in [2.24, 2.45) is 0 Å². The Morgan fingerprint density at radius 3 is 0.972 bits per heavy atom. The number of fused-ring (bicyclic) bond motifs is 5. The number of aliphatic hydroxyl groups excluding tert-OH is 1. The highest BCUT2D eigenvalue weighted by Crippen LogP contribution is 2.58. The van der Waals surface area contributed by atoms with Gasteiger partial charge in [-0.25, -0.2) is 62.5 Å². The van der Waals surface area contributed by atoms with Gasteiger partial charge in [-0.2, -0.15) is 19.9 Å². The second-order valence-electron chi connectivity index (χ2n) is 34.9. The van der Waals surface area contributed by atoms with E-state index < -0.39 is 267 Å². The van der Waals surface area contributed by atoms with Crippen LogP contribution in [0.2, 0.25) is 5.04 Å². The van der Waals surface area contributed by atoms with E-state index in [1.807, 2.05) is 81.4 Å². The molecule has 0 saturated carbocycles. The average molecular weight is 2110 g/mol. The summed E-state index contributed by atoms with van der Waals surface area (Å²) < 4.78 is 183. The Balaban J connectivity index is 0.566. The first-order valence-electron chi connectivity index (χ1n) is 43.7. The number of anilines is 5. The largest absolute Gasteiger partial charge is 0.472 e. The second-order valence-corrected chi connectivity index (χ2v) is 46.2. The normalized spacial score (nSPS) is 27.1. The zero-order chi connectivity index (χ0) is 101. The van der Waals surface area contributed by atoms with Crippen LogP contribution in [0.1, 0.15) is 102 Å². The molecule has 19 rings (SSSR count). The van der Waals surface area contributed by atoms with Crippen LogP contribution in [0.15, 0.2) is 134 Å². The topological polar surface area (TPSA) is 846 Å². The van der Waals surface area contributed by atoms with E-state index in [4.69, 9.17) is 107 Å². The van der Waals surface area contributed by atoms with E-state index in [9.17, 15) is 81.2 Å². The number of aromatic nitrogens is 22. The molecule has 61 nitrogen and oxygen atoms in total. The Hall–Kier alpha value is -11.5. The third-order valence-corrected chi connectivity index (χ3v) is 34.7. The fourth-order valence-electron chi connectivity index (χ4n) is 18.1. The molecule has 0 aliphatic carbocycles. The SMILES string of the molecule is Cc1cn([C@H]2C[C@H](OP(=O)(O)OC[C@H]3O[C@@H](n4cnc5c(=O)[nH]c(N)nc54)C[C@@H]3OP(=O)(O)OC[C@H]3O[C@@H](n4cnc5c(=O)[nH]c(N)nc54)C[C@@H]3OP(=O)(O)OC[C@H]3O[C@@H](n4cnc5c(=O)[nH]c(N)nc54)C[C@@H]3OP(=O)(O)OC[C@H]3OC(n4cnc5c(N)ncnc54)C[C@@H]3OP(=O)(O)OC[C@H]3O[C@@H](n4cnc5c(=O)[nH]c(N)nc54)C[C@@H]3O[Si](c3ccccc3)(c3ccccc3)C(C)(C)C)[C@@H](CO)O2)c(=O)[nH]c1=O. The first kappa shape index (κ1) is 100. The fourth-order valence-corrected chi connectivity index (χ4v) is 27.6. The van der Waals surface area contributed by atoms with E-state index in [0.29, 0.717) is 0 Å². The molecule has 6 saturated heterocycles. The third kappa shape index (κ3) is 20.7. The van der Waals surface area contributed by atoms with Crippen LogP contribution in [-0.4, -0.2) is 258 Å². The third-order valence-electron chi connectivity index (χ3n) is 24.6. The molecule has 764 valence electrons. The lowest BCUT2D eigenvalue weighted by Gasteiger charge is -2.45. The van der Waals surface area contributed by atoms with Crippen molar-refractivity contribution in [3.63, 3.8) is 0 Å². The van der Waals surface area contributed by atoms with Crippen LogP contribution >= 0.6 is 39.1 Å². The standard InChI is InChI=1S/C76H92N27O34P5Si/c1-34-21-98(75(110)97-66(34)105)49-15-37(43(22-104)126-49)132-138(111,112)121-24-45-39(17-51(128-45)100-30-85-56-62(100)89-71(78)93-67(56)106)134-140(115,116)123-26-47-41(19-53(130-47)102-32-87-58-64(102)91-73(80)95-69(58)108)136-141(117,118)124-25-46-40(18-52(129-46)101-31-86-57-63(101)90-72(79)94-68(57)107)135-139(113,114)122-23-44-38(16-50(127-44)99-29-84-55-60(77)82-28-83-61(55)99)133-142(119,120)125-27-48-42(20-54(131-48)103-33-88-59-65(103)92-74(81)96-70(59)109)137-143(76(2,3)4,35-11-7-5-8-12-35)36-13-9-6-10-14-36/h5-14,21,28-33,37-54,104H,15-20,22-27H2,1-4H3,(H,111,112)(H,113,114)(H,115,116)(H,117,118)(H,119,120)(H2,77,82,83)(H,97,105,110)(H3,78,89,93,106)(H3,79,90,94,107)(H3,80,91,95,108)(H3,81,92,96,109)/t37-,38-,39-,40-,41-,42-,43+,44+,45+,46+,47+,48+,49+,50?,51+,52+,53+,54+/m0/s1. The van der Waals surface area contributed by atoms with Gasteiger partial charge in [0.05, 0.1) is 77.4 Å². The van der Waals surface area contributed by atoms with Gasteiger partial charge in [0, 0.05) is 50.3 Å². The number of hydrogen-bond donors (Lipinski definition) is 16. The van der Waals surface area contributed by atoms with Crippen molar-refractivity contribution in [1.29, 1.82) is 0 Å². The molecule has 0 spiro atoms. The first-order valence-corrected chi connectivity index (χ1v) is 53.1. The van der Waals surface area contributed by atoms with Crippen molar-refractivity contribution >= 4 is 143 Å². The molecule has 21 N–H and O–H groups in total. The molecule has 6 unspecified atom stereocenters. The molecule has 17 heterocycles. The van der Waals surface area contributed by atoms with E-state index in [-0.39, 0.29) is 98.4 Å². The molecule has 143 heavy (non-hydrogen) atoms. The molecule has 67 heteroatoms. The lowest BCUT2D eigenvalue weighted by atomic mass is 10.2. The number of phosphoric acid groups is 5. The Bertz CT molecular complexity index is 7620. The Morgan fingerprint density at radius 2 is 0.657 bits per heavy atom. The van der Waals surface area contributed by atoms with Gasteiger partial charge in [0.25, 0.3) is 36.1 Å². The van der Waals surface area contributed by atoms with E-state index in [2.05, 4.69) is 79.7 Å². The predicted octanol–water partition coefficient (Wildman–Crippen LogP) is 0.302. The molecule has 0 radical (unpaired) electrons. The minimum atomic E-state index is -5.71. The van der Waals surface area contributed by atoms with Gasteiger partial charge in [0.2, 0.25) is 23.8 Å². The number of H-pyrrole nitrogens is 5. The summed E-state index contributed by atoms with van der Waals surface area (Å²) in [7, 11) is -31.3. The summed E-state index contributed by atoms with van der Waals surface area (Å²) in [6.07, 6.45) is -20.9. The lowest BCUT2D eigenvalue weighted by Crippen LogP contribution is -2.68. The van der Waals surface area contributed by atoms with Crippen molar-refractivity contribution < 1.29 is 130 Å².